The Bertz CT molecular complexity index is 1220. The number of amidine groups is 1. The highest BCUT2D eigenvalue weighted by atomic mass is 32.2. The highest BCUT2D eigenvalue weighted by Gasteiger charge is 2.13. The van der Waals surface area contributed by atoms with Crippen molar-refractivity contribution in [3.8, 4) is 0 Å². The summed E-state index contributed by atoms with van der Waals surface area (Å²) in [6.07, 6.45) is 1.42. The van der Waals surface area contributed by atoms with Crippen LogP contribution in [0.4, 0.5) is 5.69 Å². The summed E-state index contributed by atoms with van der Waals surface area (Å²) in [6.45, 7) is -0.174. The van der Waals surface area contributed by atoms with E-state index in [4.69, 9.17) is 11.1 Å². The molecule has 3 rings (SSSR count). The van der Waals surface area contributed by atoms with E-state index in [0.717, 1.165) is 15.7 Å². The number of carbonyl (C=O) groups is 1. The van der Waals surface area contributed by atoms with Crippen LogP contribution in [0.5, 0.6) is 0 Å². The standard InChI is InChI=1S/C22H24N6O3S/c1-27-12-18(26-32-14-16-5-3-2-4-6-16)21(30)28(22(27)31)13-19(29)25-11-15-7-9-17(10-8-15)20(23)24/h2-10,12,26H,11,13-14H2,1H3,(H3,23,24)(H,25,29). The quantitative estimate of drug-likeness (QED) is 0.220. The molecule has 1 amide bonds. The van der Waals surface area contributed by atoms with Crippen molar-refractivity contribution in [1.29, 1.82) is 5.41 Å². The molecule has 0 unspecified atom stereocenters. The van der Waals surface area contributed by atoms with E-state index < -0.39 is 23.7 Å². The third kappa shape index (κ3) is 5.88. The zero-order valence-corrected chi connectivity index (χ0v) is 18.3. The number of hydrogen-bond acceptors (Lipinski definition) is 6. The monoisotopic (exact) mass is 452 g/mol. The van der Waals surface area contributed by atoms with Crippen LogP contribution in [0.15, 0.2) is 70.4 Å². The fraction of sp³-hybridized carbons (Fsp3) is 0.182. The molecule has 0 bridgehead atoms. The lowest BCUT2D eigenvalue weighted by Crippen LogP contribution is -2.43. The van der Waals surface area contributed by atoms with Crippen molar-refractivity contribution < 1.29 is 4.79 Å². The van der Waals surface area contributed by atoms with Crippen LogP contribution in [-0.4, -0.2) is 20.9 Å². The van der Waals surface area contributed by atoms with Gasteiger partial charge in [0.25, 0.3) is 5.56 Å². The molecule has 10 heteroatoms. The molecule has 32 heavy (non-hydrogen) atoms. The van der Waals surface area contributed by atoms with E-state index in [1.807, 2.05) is 30.3 Å². The predicted octanol–water partition coefficient (Wildman–Crippen LogP) is 1.41. The summed E-state index contributed by atoms with van der Waals surface area (Å²) in [5.41, 5.74) is 6.99. The number of carbonyl (C=O) groups excluding carboxylic acids is 1. The van der Waals surface area contributed by atoms with Gasteiger partial charge in [0.2, 0.25) is 5.91 Å². The maximum absolute atomic E-state index is 12.8. The first-order chi connectivity index (χ1) is 15.3. The molecule has 0 radical (unpaired) electrons. The van der Waals surface area contributed by atoms with E-state index in [9.17, 15) is 14.4 Å². The molecule has 0 aliphatic carbocycles. The number of nitrogens with two attached hydrogens (primary N) is 1. The number of aromatic nitrogens is 2. The minimum Gasteiger partial charge on any atom is -0.384 e. The van der Waals surface area contributed by atoms with Gasteiger partial charge in [0.15, 0.2) is 0 Å². The van der Waals surface area contributed by atoms with Crippen LogP contribution >= 0.6 is 11.9 Å². The van der Waals surface area contributed by atoms with Gasteiger partial charge in [-0.25, -0.2) is 9.36 Å². The molecule has 2 aromatic carbocycles. The lowest BCUT2D eigenvalue weighted by atomic mass is 10.1. The molecule has 3 aromatic rings. The number of rotatable bonds is 9. The van der Waals surface area contributed by atoms with Gasteiger partial charge in [0, 0.05) is 31.1 Å². The van der Waals surface area contributed by atoms with Crippen LogP contribution in [0.1, 0.15) is 16.7 Å². The van der Waals surface area contributed by atoms with Crippen LogP contribution in [0, 0.1) is 5.41 Å². The summed E-state index contributed by atoms with van der Waals surface area (Å²) >= 11 is 1.32. The average molecular weight is 453 g/mol. The lowest BCUT2D eigenvalue weighted by molar-refractivity contribution is -0.121. The molecule has 1 heterocycles. The lowest BCUT2D eigenvalue weighted by Gasteiger charge is -2.12. The minimum atomic E-state index is -0.574. The van der Waals surface area contributed by atoms with Gasteiger partial charge in [0.1, 0.15) is 18.1 Å². The summed E-state index contributed by atoms with van der Waals surface area (Å²) in [5.74, 6) is 0.131. The SMILES string of the molecule is Cn1cc(NSCc2ccccc2)c(=O)n(CC(=O)NCc2ccc(C(=N)N)cc2)c1=O. The van der Waals surface area contributed by atoms with E-state index in [1.54, 1.807) is 24.3 Å². The molecular formula is C22H24N6O3S. The number of nitrogens with one attached hydrogen (secondary N) is 3. The summed E-state index contributed by atoms with van der Waals surface area (Å²) in [7, 11) is 1.53. The fourth-order valence-electron chi connectivity index (χ4n) is 2.91. The normalized spacial score (nSPS) is 10.5. The van der Waals surface area contributed by atoms with Crippen molar-refractivity contribution in [2.45, 2.75) is 18.8 Å². The van der Waals surface area contributed by atoms with Crippen molar-refractivity contribution in [2.75, 3.05) is 4.72 Å². The second-order valence-corrected chi connectivity index (χ2v) is 7.87. The van der Waals surface area contributed by atoms with Gasteiger partial charge in [-0.3, -0.25) is 15.0 Å². The van der Waals surface area contributed by atoms with Crippen molar-refractivity contribution in [3.05, 3.63) is 98.3 Å². The minimum absolute atomic E-state index is 0.0359. The van der Waals surface area contributed by atoms with Crippen molar-refractivity contribution in [3.63, 3.8) is 0 Å². The number of benzene rings is 2. The number of amides is 1. The van der Waals surface area contributed by atoms with Gasteiger partial charge < -0.3 is 20.3 Å². The number of nitrogen functional groups attached to an aromatic ring is 1. The average Bonchev–Trinajstić information content (AvgIpc) is 2.79. The third-order valence-electron chi connectivity index (χ3n) is 4.65. The van der Waals surface area contributed by atoms with E-state index in [1.165, 1.54) is 29.8 Å². The first-order valence-corrected chi connectivity index (χ1v) is 10.8. The van der Waals surface area contributed by atoms with E-state index in [2.05, 4.69) is 10.0 Å². The van der Waals surface area contributed by atoms with Crippen molar-refractivity contribution in [2.24, 2.45) is 12.8 Å². The zero-order chi connectivity index (χ0) is 23.1. The van der Waals surface area contributed by atoms with Crippen LogP contribution in [0.2, 0.25) is 0 Å². The Morgan fingerprint density at radius 2 is 1.75 bits per heavy atom. The molecule has 0 saturated heterocycles. The molecule has 0 fully saturated rings. The zero-order valence-electron chi connectivity index (χ0n) is 17.5. The molecule has 0 atom stereocenters. The second-order valence-electron chi connectivity index (χ2n) is 7.09. The van der Waals surface area contributed by atoms with Crippen LogP contribution < -0.4 is 27.0 Å². The third-order valence-corrected chi connectivity index (χ3v) is 5.49. The molecule has 9 nitrogen and oxygen atoms in total. The highest BCUT2D eigenvalue weighted by molar-refractivity contribution is 7.99. The second kappa shape index (κ2) is 10.5. The van der Waals surface area contributed by atoms with Crippen molar-refractivity contribution >= 4 is 29.4 Å². The molecule has 0 aliphatic rings. The van der Waals surface area contributed by atoms with Crippen molar-refractivity contribution in [1.82, 2.24) is 14.5 Å². The predicted molar refractivity (Wildman–Crippen MR) is 127 cm³/mol. The Kier molecular flexibility index (Phi) is 7.50. The van der Waals surface area contributed by atoms with Crippen LogP contribution in [-0.2, 0) is 30.7 Å². The topological polar surface area (TPSA) is 135 Å². The Balaban J connectivity index is 1.64. The highest BCUT2D eigenvalue weighted by Crippen LogP contribution is 2.13. The van der Waals surface area contributed by atoms with Gasteiger partial charge in [-0.15, -0.1) is 0 Å². The van der Waals surface area contributed by atoms with E-state index in [0.29, 0.717) is 11.3 Å². The Hall–Kier alpha value is -3.79. The molecule has 0 spiro atoms. The summed E-state index contributed by atoms with van der Waals surface area (Å²) < 4.78 is 5.15. The molecule has 0 aliphatic heterocycles. The first kappa shape index (κ1) is 22.9. The summed E-state index contributed by atoms with van der Waals surface area (Å²) in [4.78, 5) is 37.6. The summed E-state index contributed by atoms with van der Waals surface area (Å²) in [5, 5.41) is 10.1. The smallest absolute Gasteiger partial charge is 0.331 e. The maximum Gasteiger partial charge on any atom is 0.331 e. The van der Waals surface area contributed by atoms with Gasteiger partial charge in [-0.05, 0) is 23.1 Å². The van der Waals surface area contributed by atoms with Crippen LogP contribution in [0.25, 0.3) is 0 Å². The Morgan fingerprint density at radius 1 is 1.06 bits per heavy atom. The van der Waals surface area contributed by atoms with E-state index >= 15 is 0 Å². The fourth-order valence-corrected chi connectivity index (χ4v) is 3.64. The van der Waals surface area contributed by atoms with Gasteiger partial charge in [-0.1, -0.05) is 54.6 Å². The largest absolute Gasteiger partial charge is 0.384 e. The Morgan fingerprint density at radius 3 is 2.41 bits per heavy atom. The van der Waals surface area contributed by atoms with E-state index in [-0.39, 0.29) is 18.1 Å². The van der Waals surface area contributed by atoms with Gasteiger partial charge >= 0.3 is 5.69 Å². The van der Waals surface area contributed by atoms with Crippen LogP contribution in [0.3, 0.4) is 0 Å². The maximum atomic E-state index is 12.8. The molecule has 1 aromatic heterocycles. The first-order valence-electron chi connectivity index (χ1n) is 9.77. The molecule has 166 valence electrons. The number of aryl methyl sites for hydroxylation is 1. The molecular weight excluding hydrogens is 428 g/mol. The number of hydrogen-bond donors (Lipinski definition) is 4. The number of anilines is 1. The number of nitrogens with zero attached hydrogens (tertiary/aromatic N) is 2. The summed E-state index contributed by atoms with van der Waals surface area (Å²) in [6, 6.07) is 16.6. The molecule has 5 N–H and O–H groups in total. The Labute approximate surface area is 188 Å². The van der Waals surface area contributed by atoms with Gasteiger partial charge in [0.05, 0.1) is 0 Å². The molecule has 0 saturated carbocycles. The van der Waals surface area contributed by atoms with Gasteiger partial charge in [-0.2, -0.15) is 0 Å².